The van der Waals surface area contributed by atoms with Crippen molar-refractivity contribution < 1.29 is 14.4 Å². The standard InChI is InChI=1S/C26H39N9O3/c1-17(2)15-35-16-23(37)32(3)18-7-8-20-19(14-18)24(31-33(20)4)25(38)28-11-13-34(12-5-6-22(35)36)26-29-10-9-21(27)30-26/h9-10,17-18H,5-8,11-16H2,1-4H3,(H,28,38)(H2,27,29,30). The molecular formula is C26H39N9O3. The third-order valence-corrected chi connectivity index (χ3v) is 7.28. The number of amides is 3. The molecule has 0 saturated heterocycles. The number of carbonyl (C=O) groups is 3. The SMILES string of the molecule is CC(C)CN1CC(=O)N(C)C2CCc3c(c(nn3C)C(=O)NCCN(c3nccc(N)n3)CCCC1=O)C2. The Morgan fingerprint density at radius 2 is 1.92 bits per heavy atom. The molecule has 12 heteroatoms. The lowest BCUT2D eigenvalue weighted by molar-refractivity contribution is -0.141. The predicted octanol–water partition coefficient (Wildman–Crippen LogP) is 0.623. The first-order valence-electron chi connectivity index (χ1n) is 13.3. The van der Waals surface area contributed by atoms with E-state index in [1.54, 1.807) is 33.8 Å². The normalized spacial score (nSPS) is 20.1. The molecule has 2 bridgehead atoms. The summed E-state index contributed by atoms with van der Waals surface area (Å²) in [5.74, 6) is 0.633. The summed E-state index contributed by atoms with van der Waals surface area (Å²) >= 11 is 0. The van der Waals surface area contributed by atoms with Gasteiger partial charge in [-0.05, 0) is 37.7 Å². The third kappa shape index (κ3) is 6.22. The van der Waals surface area contributed by atoms with Crippen LogP contribution in [0.4, 0.5) is 11.8 Å². The zero-order valence-electron chi connectivity index (χ0n) is 22.8. The molecule has 1 atom stereocenters. The molecule has 0 saturated carbocycles. The maximum atomic E-state index is 13.3. The van der Waals surface area contributed by atoms with Gasteiger partial charge in [0.05, 0.1) is 6.54 Å². The van der Waals surface area contributed by atoms with Gasteiger partial charge in [0.1, 0.15) is 5.82 Å². The molecule has 0 fully saturated rings. The minimum Gasteiger partial charge on any atom is -0.384 e. The fraction of sp³-hybridized carbons (Fsp3) is 0.615. The van der Waals surface area contributed by atoms with Gasteiger partial charge in [0.15, 0.2) is 5.69 Å². The summed E-state index contributed by atoms with van der Waals surface area (Å²) in [6, 6.07) is 1.55. The summed E-state index contributed by atoms with van der Waals surface area (Å²) in [6.45, 7) is 5.92. The Morgan fingerprint density at radius 1 is 1.13 bits per heavy atom. The molecule has 2 aliphatic rings. The maximum Gasteiger partial charge on any atom is 0.272 e. The molecule has 3 N–H and O–H groups in total. The number of nitrogens with one attached hydrogen (secondary N) is 1. The van der Waals surface area contributed by atoms with Crippen molar-refractivity contribution in [2.75, 3.05) is 50.4 Å². The first-order valence-corrected chi connectivity index (χ1v) is 13.3. The Hall–Kier alpha value is -3.70. The minimum atomic E-state index is -0.243. The van der Waals surface area contributed by atoms with Gasteiger partial charge in [-0.3, -0.25) is 19.1 Å². The van der Waals surface area contributed by atoms with Crippen LogP contribution in [0.25, 0.3) is 0 Å². The van der Waals surface area contributed by atoms with Crippen molar-refractivity contribution >= 4 is 29.5 Å². The molecule has 2 aromatic heterocycles. The second kappa shape index (κ2) is 11.8. The number of nitrogens with two attached hydrogens (primary N) is 1. The van der Waals surface area contributed by atoms with Crippen LogP contribution in [-0.4, -0.2) is 93.1 Å². The van der Waals surface area contributed by atoms with Crippen molar-refractivity contribution in [1.29, 1.82) is 0 Å². The Bertz CT molecular complexity index is 1180. The number of carbonyl (C=O) groups excluding carboxylic acids is 3. The zero-order valence-corrected chi connectivity index (χ0v) is 22.8. The van der Waals surface area contributed by atoms with Crippen LogP contribution in [0.15, 0.2) is 12.3 Å². The Labute approximate surface area is 223 Å². The topological polar surface area (TPSA) is 143 Å². The molecule has 1 aliphatic carbocycles. The van der Waals surface area contributed by atoms with Crippen LogP contribution in [0.5, 0.6) is 0 Å². The van der Waals surface area contributed by atoms with Crippen molar-refractivity contribution in [3.05, 3.63) is 29.2 Å². The molecule has 0 spiro atoms. The van der Waals surface area contributed by atoms with E-state index >= 15 is 0 Å². The van der Waals surface area contributed by atoms with Crippen LogP contribution in [0.2, 0.25) is 0 Å². The molecule has 1 unspecified atom stereocenters. The van der Waals surface area contributed by atoms with Crippen LogP contribution in [-0.2, 0) is 29.5 Å². The van der Waals surface area contributed by atoms with E-state index in [-0.39, 0.29) is 42.6 Å². The van der Waals surface area contributed by atoms with E-state index in [1.165, 1.54) is 0 Å². The molecule has 2 aromatic rings. The van der Waals surface area contributed by atoms with Gasteiger partial charge in [-0.2, -0.15) is 10.1 Å². The van der Waals surface area contributed by atoms with Gasteiger partial charge < -0.3 is 25.8 Å². The number of hydrogen-bond donors (Lipinski definition) is 2. The molecule has 0 aromatic carbocycles. The summed E-state index contributed by atoms with van der Waals surface area (Å²) in [4.78, 5) is 53.8. The maximum absolute atomic E-state index is 13.3. The highest BCUT2D eigenvalue weighted by molar-refractivity contribution is 5.94. The molecule has 3 heterocycles. The van der Waals surface area contributed by atoms with E-state index in [0.29, 0.717) is 56.5 Å². The van der Waals surface area contributed by atoms with Gasteiger partial charge in [-0.25, -0.2) is 4.98 Å². The average Bonchev–Trinajstić information content (AvgIpc) is 3.21. The van der Waals surface area contributed by atoms with Gasteiger partial charge in [-0.15, -0.1) is 0 Å². The molecular weight excluding hydrogens is 486 g/mol. The minimum absolute atomic E-state index is 0.0410. The van der Waals surface area contributed by atoms with Gasteiger partial charge in [0.25, 0.3) is 5.91 Å². The number of fused-ring (bicyclic) bond motifs is 1. The lowest BCUT2D eigenvalue weighted by Gasteiger charge is -2.34. The lowest BCUT2D eigenvalue weighted by atomic mass is 9.90. The van der Waals surface area contributed by atoms with E-state index in [9.17, 15) is 14.4 Å². The van der Waals surface area contributed by atoms with Gasteiger partial charge in [-0.1, -0.05) is 13.8 Å². The van der Waals surface area contributed by atoms with Crippen LogP contribution < -0.4 is 16.0 Å². The highest BCUT2D eigenvalue weighted by Crippen LogP contribution is 2.27. The molecule has 0 radical (unpaired) electrons. The van der Waals surface area contributed by atoms with Crippen LogP contribution in [0.1, 0.15) is 54.9 Å². The Kier molecular flexibility index (Phi) is 8.48. The van der Waals surface area contributed by atoms with Crippen molar-refractivity contribution in [1.82, 2.24) is 34.9 Å². The van der Waals surface area contributed by atoms with Crippen molar-refractivity contribution in [2.45, 2.75) is 52.0 Å². The Balaban J connectivity index is 1.63. The number of aryl methyl sites for hydroxylation is 1. The molecule has 12 nitrogen and oxygen atoms in total. The van der Waals surface area contributed by atoms with Crippen LogP contribution in [0.3, 0.4) is 0 Å². The van der Waals surface area contributed by atoms with E-state index < -0.39 is 0 Å². The molecule has 38 heavy (non-hydrogen) atoms. The summed E-state index contributed by atoms with van der Waals surface area (Å²) in [5, 5.41) is 7.51. The van der Waals surface area contributed by atoms with Crippen LogP contribution >= 0.6 is 0 Å². The van der Waals surface area contributed by atoms with E-state index in [0.717, 1.165) is 24.1 Å². The molecule has 1 aliphatic heterocycles. The number of hydrogen-bond acceptors (Lipinski definition) is 8. The molecule has 3 amide bonds. The smallest absolute Gasteiger partial charge is 0.272 e. The summed E-state index contributed by atoms with van der Waals surface area (Å²) < 4.78 is 1.77. The van der Waals surface area contributed by atoms with Crippen molar-refractivity contribution in [3.8, 4) is 0 Å². The largest absolute Gasteiger partial charge is 0.384 e. The monoisotopic (exact) mass is 525 g/mol. The second-order valence-electron chi connectivity index (χ2n) is 10.6. The highest BCUT2D eigenvalue weighted by atomic mass is 16.2. The number of nitrogen functional groups attached to an aromatic ring is 1. The third-order valence-electron chi connectivity index (χ3n) is 7.28. The number of aromatic nitrogens is 4. The van der Waals surface area contributed by atoms with Gasteiger partial charge in [0.2, 0.25) is 17.8 Å². The van der Waals surface area contributed by atoms with E-state index in [1.807, 2.05) is 25.8 Å². The second-order valence-corrected chi connectivity index (χ2v) is 10.6. The van der Waals surface area contributed by atoms with E-state index in [4.69, 9.17) is 5.73 Å². The highest BCUT2D eigenvalue weighted by Gasteiger charge is 2.32. The quantitative estimate of drug-likeness (QED) is 0.594. The molecule has 206 valence electrons. The predicted molar refractivity (Wildman–Crippen MR) is 143 cm³/mol. The van der Waals surface area contributed by atoms with E-state index in [2.05, 4.69) is 20.4 Å². The number of likely N-dealkylation sites (N-methyl/N-ethyl adjacent to an activating group) is 1. The lowest BCUT2D eigenvalue weighted by Crippen LogP contribution is -2.47. The van der Waals surface area contributed by atoms with Crippen LogP contribution in [0, 0.1) is 5.92 Å². The van der Waals surface area contributed by atoms with Gasteiger partial charge in [0, 0.05) is 70.2 Å². The zero-order chi connectivity index (χ0) is 27.4. The Morgan fingerprint density at radius 3 is 2.66 bits per heavy atom. The first-order chi connectivity index (χ1) is 18.1. The number of nitrogens with zero attached hydrogens (tertiary/aromatic N) is 7. The summed E-state index contributed by atoms with van der Waals surface area (Å²) in [7, 11) is 3.65. The average molecular weight is 526 g/mol. The van der Waals surface area contributed by atoms with Crippen molar-refractivity contribution in [3.63, 3.8) is 0 Å². The fourth-order valence-corrected chi connectivity index (χ4v) is 5.25. The summed E-state index contributed by atoms with van der Waals surface area (Å²) in [6.07, 6.45) is 4.48. The van der Waals surface area contributed by atoms with Crippen molar-refractivity contribution in [2.24, 2.45) is 13.0 Å². The number of rotatable bonds is 3. The summed E-state index contributed by atoms with van der Waals surface area (Å²) in [5.41, 5.74) is 8.20. The first kappa shape index (κ1) is 27.3. The van der Waals surface area contributed by atoms with Gasteiger partial charge >= 0.3 is 0 Å². The molecule has 4 rings (SSSR count). The number of anilines is 2. The fourth-order valence-electron chi connectivity index (χ4n) is 5.25.